The fourth-order valence-electron chi connectivity index (χ4n) is 3.29. The second-order valence-electron chi connectivity index (χ2n) is 5.99. The molecule has 1 atom stereocenters. The molecule has 1 unspecified atom stereocenters. The van der Waals surface area contributed by atoms with Crippen LogP contribution in [0.25, 0.3) is 0 Å². The number of pyridine rings is 1. The van der Waals surface area contributed by atoms with Crippen molar-refractivity contribution in [3.63, 3.8) is 0 Å². The summed E-state index contributed by atoms with van der Waals surface area (Å²) in [7, 11) is 2.08. The maximum absolute atomic E-state index is 12.7. The summed E-state index contributed by atoms with van der Waals surface area (Å²) in [6.07, 6.45) is 5.22. The van der Waals surface area contributed by atoms with E-state index in [1.165, 1.54) is 12.8 Å². The van der Waals surface area contributed by atoms with Crippen LogP contribution in [0.5, 0.6) is 0 Å². The van der Waals surface area contributed by atoms with E-state index in [9.17, 15) is 4.79 Å². The minimum atomic E-state index is 0.0974. The number of amides is 1. The smallest absolute Gasteiger partial charge is 0.240 e. The quantitative estimate of drug-likeness (QED) is 0.820. The van der Waals surface area contributed by atoms with Gasteiger partial charge < -0.3 is 9.80 Å². The monoisotopic (exact) mass is 288 g/mol. The van der Waals surface area contributed by atoms with Crippen LogP contribution >= 0.6 is 0 Å². The molecule has 2 fully saturated rings. The molecular weight excluding hydrogens is 264 g/mol. The number of carbonyl (C=O) groups excluding carboxylic acids is 1. The molecule has 0 aromatic carbocycles. The first-order chi connectivity index (χ1) is 10.3. The lowest BCUT2D eigenvalue weighted by Crippen LogP contribution is -2.55. The third-order valence-electron chi connectivity index (χ3n) is 4.62. The Morgan fingerprint density at radius 3 is 2.62 bits per heavy atom. The Bertz CT molecular complexity index is 470. The number of anilines is 1. The van der Waals surface area contributed by atoms with Crippen LogP contribution in [0.4, 0.5) is 5.82 Å². The molecule has 0 bridgehead atoms. The maximum Gasteiger partial charge on any atom is 0.240 e. The highest BCUT2D eigenvalue weighted by atomic mass is 16.2. The van der Waals surface area contributed by atoms with Gasteiger partial charge in [0.25, 0.3) is 0 Å². The lowest BCUT2D eigenvalue weighted by atomic mass is 10.0. The molecule has 5 nitrogen and oxygen atoms in total. The number of hydrogen-bond acceptors (Lipinski definition) is 4. The number of hydrogen-bond donors (Lipinski definition) is 0. The van der Waals surface area contributed by atoms with Crippen molar-refractivity contribution in [3.8, 4) is 0 Å². The van der Waals surface area contributed by atoms with Crippen molar-refractivity contribution in [1.82, 2.24) is 14.8 Å². The van der Waals surface area contributed by atoms with Crippen LogP contribution in [0.2, 0.25) is 0 Å². The molecule has 2 aliphatic rings. The van der Waals surface area contributed by atoms with Gasteiger partial charge in [0, 0.05) is 32.4 Å². The van der Waals surface area contributed by atoms with E-state index in [1.807, 2.05) is 29.3 Å². The highest BCUT2D eigenvalue weighted by Crippen LogP contribution is 2.19. The Morgan fingerprint density at radius 2 is 1.95 bits per heavy atom. The molecule has 0 aliphatic carbocycles. The first-order valence-electron chi connectivity index (χ1n) is 7.91. The molecule has 2 aliphatic heterocycles. The largest absolute Gasteiger partial charge is 0.353 e. The van der Waals surface area contributed by atoms with Gasteiger partial charge in [-0.15, -0.1) is 0 Å². The Morgan fingerprint density at radius 1 is 1.14 bits per heavy atom. The van der Waals surface area contributed by atoms with Gasteiger partial charge in [-0.2, -0.15) is 0 Å². The molecule has 1 aromatic heterocycles. The molecule has 0 saturated carbocycles. The Kier molecular flexibility index (Phi) is 4.39. The zero-order valence-electron chi connectivity index (χ0n) is 12.7. The topological polar surface area (TPSA) is 39.7 Å². The van der Waals surface area contributed by atoms with Crippen molar-refractivity contribution >= 4 is 11.7 Å². The SMILES string of the molecule is CN1CCCCC1C(=O)N1CCN(c2ccccn2)CC1. The molecule has 0 spiro atoms. The zero-order valence-corrected chi connectivity index (χ0v) is 12.7. The molecule has 2 saturated heterocycles. The Labute approximate surface area is 126 Å². The van der Waals surface area contributed by atoms with Gasteiger partial charge in [-0.25, -0.2) is 4.98 Å². The molecular formula is C16H24N4O. The molecule has 114 valence electrons. The third-order valence-corrected chi connectivity index (χ3v) is 4.62. The van der Waals surface area contributed by atoms with Crippen molar-refractivity contribution in [1.29, 1.82) is 0 Å². The Hall–Kier alpha value is -1.62. The lowest BCUT2D eigenvalue weighted by Gasteiger charge is -2.40. The molecule has 0 N–H and O–H groups in total. The minimum absolute atomic E-state index is 0.0974. The maximum atomic E-state index is 12.7. The molecule has 0 radical (unpaired) electrons. The van der Waals surface area contributed by atoms with Gasteiger partial charge in [-0.1, -0.05) is 12.5 Å². The van der Waals surface area contributed by atoms with Crippen LogP contribution in [0, 0.1) is 0 Å². The van der Waals surface area contributed by atoms with Gasteiger partial charge in [0.15, 0.2) is 0 Å². The molecule has 3 rings (SSSR count). The standard InChI is InChI=1S/C16H24N4O/c1-18-9-5-3-6-14(18)16(21)20-12-10-19(11-13-20)15-7-2-4-8-17-15/h2,4,7-8,14H,3,5-6,9-13H2,1H3. The van der Waals surface area contributed by atoms with Gasteiger partial charge in [-0.3, -0.25) is 9.69 Å². The normalized spacial score (nSPS) is 24.1. The molecule has 5 heteroatoms. The summed E-state index contributed by atoms with van der Waals surface area (Å²) in [5, 5.41) is 0. The van der Waals surface area contributed by atoms with Gasteiger partial charge in [0.05, 0.1) is 6.04 Å². The second-order valence-corrected chi connectivity index (χ2v) is 5.99. The number of rotatable bonds is 2. The summed E-state index contributed by atoms with van der Waals surface area (Å²) in [4.78, 5) is 23.6. The number of piperazine rings is 1. The predicted molar refractivity (Wildman–Crippen MR) is 83.3 cm³/mol. The van der Waals surface area contributed by atoms with Crippen molar-refractivity contribution in [2.24, 2.45) is 0 Å². The average molecular weight is 288 g/mol. The fourth-order valence-corrected chi connectivity index (χ4v) is 3.29. The molecule has 1 aromatic rings. The number of carbonyl (C=O) groups is 1. The van der Waals surface area contributed by atoms with Gasteiger partial charge in [0.2, 0.25) is 5.91 Å². The second kappa shape index (κ2) is 6.43. The first-order valence-corrected chi connectivity index (χ1v) is 7.91. The van der Waals surface area contributed by atoms with Crippen molar-refractivity contribution in [2.45, 2.75) is 25.3 Å². The summed E-state index contributed by atoms with van der Waals surface area (Å²) in [6.45, 7) is 4.40. The van der Waals surface area contributed by atoms with E-state index in [1.54, 1.807) is 0 Å². The number of likely N-dealkylation sites (tertiary alicyclic amines) is 1. The van der Waals surface area contributed by atoms with Crippen LogP contribution in [-0.2, 0) is 4.79 Å². The van der Waals surface area contributed by atoms with E-state index >= 15 is 0 Å². The number of aromatic nitrogens is 1. The lowest BCUT2D eigenvalue weighted by molar-refractivity contribution is -0.138. The number of nitrogens with zero attached hydrogens (tertiary/aromatic N) is 4. The average Bonchev–Trinajstić information content (AvgIpc) is 2.56. The number of piperidine rings is 1. The molecule has 21 heavy (non-hydrogen) atoms. The summed E-state index contributed by atoms with van der Waals surface area (Å²) in [6, 6.07) is 6.07. The molecule has 1 amide bonds. The summed E-state index contributed by atoms with van der Waals surface area (Å²) in [5.74, 6) is 1.33. The zero-order chi connectivity index (χ0) is 14.7. The van der Waals surface area contributed by atoms with Crippen LogP contribution in [0.1, 0.15) is 19.3 Å². The van der Waals surface area contributed by atoms with E-state index in [0.29, 0.717) is 5.91 Å². The fraction of sp³-hybridized carbons (Fsp3) is 0.625. The summed E-state index contributed by atoms with van der Waals surface area (Å²) in [5.41, 5.74) is 0. The van der Waals surface area contributed by atoms with Crippen molar-refractivity contribution in [2.75, 3.05) is 44.7 Å². The van der Waals surface area contributed by atoms with Gasteiger partial charge in [0.1, 0.15) is 5.82 Å². The van der Waals surface area contributed by atoms with Crippen molar-refractivity contribution < 1.29 is 4.79 Å². The van der Waals surface area contributed by atoms with E-state index in [0.717, 1.165) is 45.0 Å². The first kappa shape index (κ1) is 14.3. The van der Waals surface area contributed by atoms with Crippen LogP contribution in [0.15, 0.2) is 24.4 Å². The van der Waals surface area contributed by atoms with Crippen LogP contribution < -0.4 is 4.90 Å². The van der Waals surface area contributed by atoms with Crippen molar-refractivity contribution in [3.05, 3.63) is 24.4 Å². The van der Waals surface area contributed by atoms with E-state index < -0.39 is 0 Å². The highest BCUT2D eigenvalue weighted by molar-refractivity contribution is 5.82. The third kappa shape index (κ3) is 3.18. The van der Waals surface area contributed by atoms with Gasteiger partial charge in [-0.05, 0) is 38.6 Å². The molecule has 3 heterocycles. The van der Waals surface area contributed by atoms with Crippen LogP contribution in [-0.4, -0.2) is 66.5 Å². The van der Waals surface area contributed by atoms with E-state index in [4.69, 9.17) is 0 Å². The van der Waals surface area contributed by atoms with E-state index in [2.05, 4.69) is 21.8 Å². The Balaban J connectivity index is 1.57. The summed E-state index contributed by atoms with van der Waals surface area (Å²) >= 11 is 0. The minimum Gasteiger partial charge on any atom is -0.353 e. The predicted octanol–water partition coefficient (Wildman–Crippen LogP) is 1.21. The summed E-state index contributed by atoms with van der Waals surface area (Å²) < 4.78 is 0. The highest BCUT2D eigenvalue weighted by Gasteiger charge is 2.31. The van der Waals surface area contributed by atoms with Crippen LogP contribution in [0.3, 0.4) is 0 Å². The number of likely N-dealkylation sites (N-methyl/N-ethyl adjacent to an activating group) is 1. The van der Waals surface area contributed by atoms with E-state index in [-0.39, 0.29) is 6.04 Å². The van der Waals surface area contributed by atoms with Gasteiger partial charge >= 0.3 is 0 Å².